The van der Waals surface area contributed by atoms with E-state index in [2.05, 4.69) is 18.8 Å². The lowest BCUT2D eigenvalue weighted by Gasteiger charge is -2.02. The summed E-state index contributed by atoms with van der Waals surface area (Å²) in [7, 11) is 0. The minimum Gasteiger partial charge on any atom is -0.408 e. The first-order valence-corrected chi connectivity index (χ1v) is 6.36. The highest BCUT2D eigenvalue weighted by Crippen LogP contribution is 2.38. The summed E-state index contributed by atoms with van der Waals surface area (Å²) in [6, 6.07) is 5.62. The zero-order valence-electron chi connectivity index (χ0n) is 10.0. The quantitative estimate of drug-likeness (QED) is 0.706. The summed E-state index contributed by atoms with van der Waals surface area (Å²) in [5, 5.41) is 0.794. The van der Waals surface area contributed by atoms with Crippen molar-refractivity contribution in [2.45, 2.75) is 13.8 Å². The van der Waals surface area contributed by atoms with Crippen LogP contribution in [0, 0.1) is 13.8 Å². The first kappa shape index (κ1) is 11.1. The number of H-pyrrole nitrogens is 1. The van der Waals surface area contributed by atoms with Crippen LogP contribution in [0.5, 0.6) is 0 Å². The maximum Gasteiger partial charge on any atom is 0.417 e. The Labute approximate surface area is 107 Å². The third-order valence-corrected chi connectivity index (χ3v) is 4.16. The number of hydrogen-bond acceptors (Lipinski definition) is 4. The molecule has 5 heteroatoms. The molecule has 0 aliphatic heterocycles. The molecule has 0 saturated carbocycles. The molecule has 0 saturated heterocycles. The van der Waals surface area contributed by atoms with E-state index in [0.29, 0.717) is 11.1 Å². The number of anilines is 1. The van der Waals surface area contributed by atoms with E-state index in [9.17, 15) is 4.79 Å². The van der Waals surface area contributed by atoms with E-state index in [1.54, 1.807) is 11.3 Å². The Balaban J connectivity index is 2.28. The number of aryl methyl sites for hydroxylation is 1. The van der Waals surface area contributed by atoms with Crippen LogP contribution in [0.1, 0.15) is 10.4 Å². The van der Waals surface area contributed by atoms with Gasteiger partial charge in [-0.15, -0.1) is 11.3 Å². The minimum absolute atomic E-state index is 0.437. The second-order valence-electron chi connectivity index (χ2n) is 4.25. The molecule has 18 heavy (non-hydrogen) atoms. The third kappa shape index (κ3) is 1.55. The normalized spacial score (nSPS) is 11.2. The topological polar surface area (TPSA) is 72.0 Å². The lowest BCUT2D eigenvalue weighted by molar-refractivity contribution is 0.555. The number of aromatic nitrogens is 1. The summed E-state index contributed by atoms with van der Waals surface area (Å²) < 4.78 is 5.07. The van der Waals surface area contributed by atoms with Gasteiger partial charge in [0, 0.05) is 10.4 Å². The number of oxazole rings is 1. The van der Waals surface area contributed by atoms with Crippen molar-refractivity contribution in [1.29, 1.82) is 0 Å². The van der Waals surface area contributed by atoms with Crippen molar-refractivity contribution >= 4 is 27.4 Å². The Hall–Kier alpha value is -2.01. The molecule has 0 aliphatic carbocycles. The Bertz CT molecular complexity index is 795. The minimum atomic E-state index is -0.437. The first-order chi connectivity index (χ1) is 8.56. The number of fused-ring (bicyclic) bond motifs is 1. The molecule has 0 aliphatic rings. The van der Waals surface area contributed by atoms with Crippen molar-refractivity contribution in [3.05, 3.63) is 39.2 Å². The summed E-state index contributed by atoms with van der Waals surface area (Å²) in [6.07, 6.45) is 0. The van der Waals surface area contributed by atoms with E-state index < -0.39 is 5.76 Å². The van der Waals surface area contributed by atoms with Gasteiger partial charge < -0.3 is 10.2 Å². The highest BCUT2D eigenvalue weighted by atomic mass is 32.1. The summed E-state index contributed by atoms with van der Waals surface area (Å²) >= 11 is 1.58. The molecule has 0 amide bonds. The molecule has 0 fully saturated rings. The van der Waals surface area contributed by atoms with E-state index in [0.717, 1.165) is 16.1 Å². The van der Waals surface area contributed by atoms with Crippen LogP contribution in [0.2, 0.25) is 0 Å². The van der Waals surface area contributed by atoms with Crippen LogP contribution in [0.15, 0.2) is 27.4 Å². The zero-order valence-corrected chi connectivity index (χ0v) is 10.9. The van der Waals surface area contributed by atoms with Gasteiger partial charge in [-0.3, -0.25) is 4.98 Å². The van der Waals surface area contributed by atoms with E-state index in [1.165, 1.54) is 10.4 Å². The molecular weight excluding hydrogens is 248 g/mol. The smallest absolute Gasteiger partial charge is 0.408 e. The molecular formula is C13H12N2O2S. The number of aromatic amines is 1. The van der Waals surface area contributed by atoms with Gasteiger partial charge >= 0.3 is 5.76 Å². The molecule has 3 N–H and O–H groups in total. The molecule has 0 bridgehead atoms. The van der Waals surface area contributed by atoms with Crippen molar-refractivity contribution in [1.82, 2.24) is 4.98 Å². The van der Waals surface area contributed by atoms with Gasteiger partial charge in [0.1, 0.15) is 0 Å². The number of hydrogen-bond donors (Lipinski definition) is 2. The number of nitrogen functional groups attached to an aromatic ring is 1. The molecule has 92 valence electrons. The number of benzene rings is 1. The largest absolute Gasteiger partial charge is 0.417 e. The Morgan fingerprint density at radius 2 is 2.11 bits per heavy atom. The predicted octanol–water partition coefficient (Wildman–Crippen LogP) is 3.05. The Morgan fingerprint density at radius 3 is 2.78 bits per heavy atom. The molecule has 2 heterocycles. The average molecular weight is 260 g/mol. The van der Waals surface area contributed by atoms with Gasteiger partial charge in [0.2, 0.25) is 0 Å². The van der Waals surface area contributed by atoms with Gasteiger partial charge in [0.15, 0.2) is 5.58 Å². The Morgan fingerprint density at radius 1 is 1.33 bits per heavy atom. The summed E-state index contributed by atoms with van der Waals surface area (Å²) in [5.41, 5.74) is 10.5. The third-order valence-electron chi connectivity index (χ3n) is 3.12. The van der Waals surface area contributed by atoms with Crippen molar-refractivity contribution < 1.29 is 4.42 Å². The molecule has 3 aromatic rings. The highest BCUT2D eigenvalue weighted by Gasteiger charge is 2.13. The lowest BCUT2D eigenvalue weighted by atomic mass is 10.0. The second-order valence-corrected chi connectivity index (χ2v) is 5.50. The fourth-order valence-electron chi connectivity index (χ4n) is 2.11. The van der Waals surface area contributed by atoms with Gasteiger partial charge in [0.05, 0.1) is 10.5 Å². The van der Waals surface area contributed by atoms with Gasteiger partial charge in [-0.2, -0.15) is 0 Å². The summed E-state index contributed by atoms with van der Waals surface area (Å²) in [5.74, 6) is -0.437. The lowest BCUT2D eigenvalue weighted by Crippen LogP contribution is -1.92. The fourth-order valence-corrected chi connectivity index (χ4v) is 3.07. The molecule has 0 atom stereocenters. The number of rotatable bonds is 1. The van der Waals surface area contributed by atoms with Crippen molar-refractivity contribution in [3.8, 4) is 11.1 Å². The van der Waals surface area contributed by atoms with Crippen molar-refractivity contribution in [2.24, 2.45) is 0 Å². The Kier molecular flexibility index (Phi) is 2.31. The van der Waals surface area contributed by atoms with Crippen molar-refractivity contribution in [3.63, 3.8) is 0 Å². The van der Waals surface area contributed by atoms with Crippen LogP contribution in [0.25, 0.3) is 22.2 Å². The van der Waals surface area contributed by atoms with Gasteiger partial charge in [-0.05, 0) is 37.1 Å². The maximum absolute atomic E-state index is 11.1. The predicted molar refractivity (Wildman–Crippen MR) is 74.0 cm³/mol. The van der Waals surface area contributed by atoms with Gasteiger partial charge in [-0.1, -0.05) is 6.07 Å². The zero-order chi connectivity index (χ0) is 12.9. The average Bonchev–Trinajstić information content (AvgIpc) is 2.78. The second kappa shape index (κ2) is 3.74. The summed E-state index contributed by atoms with van der Waals surface area (Å²) in [4.78, 5) is 15.0. The molecule has 2 aromatic heterocycles. The van der Waals surface area contributed by atoms with Crippen LogP contribution in [0.4, 0.5) is 5.00 Å². The van der Waals surface area contributed by atoms with Crippen LogP contribution < -0.4 is 11.5 Å². The molecule has 4 nitrogen and oxygen atoms in total. The van der Waals surface area contributed by atoms with E-state index in [4.69, 9.17) is 10.2 Å². The monoisotopic (exact) mass is 260 g/mol. The van der Waals surface area contributed by atoms with Crippen LogP contribution >= 0.6 is 11.3 Å². The molecule has 0 radical (unpaired) electrons. The SMILES string of the molecule is Cc1sc(N)c(-c2ccc3[nH]c(=O)oc3c2)c1C. The fraction of sp³-hybridized carbons (Fsp3) is 0.154. The van der Waals surface area contributed by atoms with Gasteiger partial charge in [-0.25, -0.2) is 4.79 Å². The van der Waals surface area contributed by atoms with Crippen LogP contribution in [-0.2, 0) is 0 Å². The standard InChI is InChI=1S/C13H12N2O2S/c1-6-7(2)18-12(14)11(6)8-3-4-9-10(5-8)17-13(16)15-9/h3-5H,14H2,1-2H3,(H,15,16). The number of nitrogens with one attached hydrogen (secondary N) is 1. The molecule has 1 aromatic carbocycles. The van der Waals surface area contributed by atoms with E-state index in [1.807, 2.05) is 18.2 Å². The maximum atomic E-state index is 11.1. The van der Waals surface area contributed by atoms with E-state index in [-0.39, 0.29) is 0 Å². The molecule has 0 spiro atoms. The molecule has 3 rings (SSSR count). The first-order valence-electron chi connectivity index (χ1n) is 5.55. The number of nitrogens with two attached hydrogens (primary N) is 1. The highest BCUT2D eigenvalue weighted by molar-refractivity contribution is 7.16. The summed E-state index contributed by atoms with van der Waals surface area (Å²) in [6.45, 7) is 4.10. The number of thiophene rings is 1. The van der Waals surface area contributed by atoms with Crippen LogP contribution in [-0.4, -0.2) is 4.98 Å². The van der Waals surface area contributed by atoms with Crippen molar-refractivity contribution in [2.75, 3.05) is 5.73 Å². The molecule has 0 unspecified atom stereocenters. The van der Waals surface area contributed by atoms with E-state index >= 15 is 0 Å². The van der Waals surface area contributed by atoms with Gasteiger partial charge in [0.25, 0.3) is 0 Å². The van der Waals surface area contributed by atoms with Crippen LogP contribution in [0.3, 0.4) is 0 Å².